The smallest absolute Gasteiger partial charge is 0.321 e. The van der Waals surface area contributed by atoms with E-state index >= 15 is 0 Å². The molecule has 24 heavy (non-hydrogen) atoms. The highest BCUT2D eigenvalue weighted by Crippen LogP contribution is 2.35. The van der Waals surface area contributed by atoms with Gasteiger partial charge in [0.1, 0.15) is 0 Å². The van der Waals surface area contributed by atoms with Gasteiger partial charge in [-0.05, 0) is 55.6 Å². The van der Waals surface area contributed by atoms with Crippen LogP contribution in [-0.2, 0) is 0 Å². The predicted molar refractivity (Wildman–Crippen MR) is 101 cm³/mol. The Morgan fingerprint density at radius 3 is 2.58 bits per heavy atom. The van der Waals surface area contributed by atoms with Gasteiger partial charge in [-0.25, -0.2) is 4.79 Å². The monoisotopic (exact) mass is 328 g/mol. The summed E-state index contributed by atoms with van der Waals surface area (Å²) in [4.78, 5) is 15.1. The fraction of sp³-hybridized carbons (Fsp3) is 0.667. The standard InChI is InChI=1S/C21H32N2O/c1-15(2)18-12-7-9-16(3)20(18)22-21(24)23-14-8-13-19(23)17-10-5-4-6-11-17/h7,9,12,15,17,19H,4-6,8,10-11,13-14H2,1-3H3,(H,22,24). The third-order valence-electron chi connectivity index (χ3n) is 5.91. The third kappa shape index (κ3) is 3.60. The van der Waals surface area contributed by atoms with Gasteiger partial charge in [0.05, 0.1) is 0 Å². The number of likely N-dealkylation sites (tertiary alicyclic amines) is 1. The largest absolute Gasteiger partial charge is 0.322 e. The van der Waals surface area contributed by atoms with Gasteiger partial charge in [0, 0.05) is 18.3 Å². The van der Waals surface area contributed by atoms with Crippen LogP contribution in [0.25, 0.3) is 0 Å². The zero-order chi connectivity index (χ0) is 17.1. The van der Waals surface area contributed by atoms with Gasteiger partial charge in [0.15, 0.2) is 0 Å². The second-order valence-electron chi connectivity index (χ2n) is 7.93. The van der Waals surface area contributed by atoms with Crippen molar-refractivity contribution in [3.05, 3.63) is 29.3 Å². The summed E-state index contributed by atoms with van der Waals surface area (Å²) in [5.74, 6) is 1.13. The second-order valence-corrected chi connectivity index (χ2v) is 7.93. The summed E-state index contributed by atoms with van der Waals surface area (Å²) in [6.45, 7) is 7.37. The number of nitrogens with zero attached hydrogens (tertiary/aromatic N) is 1. The van der Waals surface area contributed by atoms with Crippen LogP contribution < -0.4 is 5.32 Å². The van der Waals surface area contributed by atoms with E-state index in [9.17, 15) is 4.79 Å². The van der Waals surface area contributed by atoms with Gasteiger partial charge in [-0.3, -0.25) is 0 Å². The van der Waals surface area contributed by atoms with Crippen molar-refractivity contribution < 1.29 is 4.79 Å². The first-order valence-corrected chi connectivity index (χ1v) is 9.75. The van der Waals surface area contributed by atoms with Crippen molar-refractivity contribution in [2.45, 2.75) is 77.7 Å². The van der Waals surface area contributed by atoms with E-state index in [2.05, 4.69) is 49.2 Å². The van der Waals surface area contributed by atoms with Crippen LogP contribution >= 0.6 is 0 Å². The minimum absolute atomic E-state index is 0.110. The molecule has 132 valence electrons. The Morgan fingerprint density at radius 2 is 1.88 bits per heavy atom. The predicted octanol–water partition coefficient (Wildman–Crippen LogP) is 5.70. The second kappa shape index (κ2) is 7.58. The van der Waals surface area contributed by atoms with Crippen LogP contribution in [-0.4, -0.2) is 23.5 Å². The quantitative estimate of drug-likeness (QED) is 0.759. The van der Waals surface area contributed by atoms with Crippen LogP contribution in [0, 0.1) is 12.8 Å². The van der Waals surface area contributed by atoms with Gasteiger partial charge < -0.3 is 10.2 Å². The summed E-state index contributed by atoms with van der Waals surface area (Å²) in [5.41, 5.74) is 3.41. The van der Waals surface area contributed by atoms with Crippen LogP contribution in [0.3, 0.4) is 0 Å². The molecule has 3 heteroatoms. The summed E-state index contributed by atoms with van der Waals surface area (Å²) in [6, 6.07) is 6.87. The number of hydrogen-bond acceptors (Lipinski definition) is 1. The average molecular weight is 329 g/mol. The molecule has 1 aliphatic carbocycles. The molecule has 1 N–H and O–H groups in total. The molecule has 0 radical (unpaired) electrons. The maximum Gasteiger partial charge on any atom is 0.322 e. The van der Waals surface area contributed by atoms with Gasteiger partial charge in [0.25, 0.3) is 0 Å². The van der Waals surface area contributed by atoms with Crippen molar-refractivity contribution in [2.24, 2.45) is 5.92 Å². The van der Waals surface area contributed by atoms with Crippen LogP contribution in [0.15, 0.2) is 18.2 Å². The highest BCUT2D eigenvalue weighted by molar-refractivity contribution is 5.91. The Labute approximate surface area is 146 Å². The topological polar surface area (TPSA) is 32.3 Å². The normalized spacial score (nSPS) is 22.2. The van der Waals surface area contributed by atoms with Crippen LogP contribution in [0.2, 0.25) is 0 Å². The lowest BCUT2D eigenvalue weighted by Crippen LogP contribution is -2.43. The summed E-state index contributed by atoms with van der Waals surface area (Å²) < 4.78 is 0. The minimum atomic E-state index is 0.110. The van der Waals surface area contributed by atoms with E-state index in [-0.39, 0.29) is 6.03 Å². The van der Waals surface area contributed by atoms with E-state index in [1.807, 2.05) is 0 Å². The molecule has 0 spiro atoms. The summed E-state index contributed by atoms with van der Waals surface area (Å²) in [6.07, 6.45) is 8.99. The van der Waals surface area contributed by atoms with E-state index in [0.717, 1.165) is 24.2 Å². The minimum Gasteiger partial charge on any atom is -0.321 e. The van der Waals surface area contributed by atoms with E-state index in [4.69, 9.17) is 0 Å². The van der Waals surface area contributed by atoms with Gasteiger partial charge >= 0.3 is 6.03 Å². The van der Waals surface area contributed by atoms with E-state index in [0.29, 0.717) is 17.9 Å². The zero-order valence-electron chi connectivity index (χ0n) is 15.5. The molecule has 2 amide bonds. The van der Waals surface area contributed by atoms with Crippen molar-refractivity contribution in [1.29, 1.82) is 0 Å². The Balaban J connectivity index is 1.75. The van der Waals surface area contributed by atoms with Crippen molar-refractivity contribution in [3.8, 4) is 0 Å². The van der Waals surface area contributed by atoms with Crippen molar-refractivity contribution in [1.82, 2.24) is 4.90 Å². The third-order valence-corrected chi connectivity index (χ3v) is 5.91. The number of rotatable bonds is 3. The maximum absolute atomic E-state index is 13.0. The first kappa shape index (κ1) is 17.3. The molecule has 1 aliphatic heterocycles. The molecule has 1 heterocycles. The lowest BCUT2D eigenvalue weighted by molar-refractivity contribution is 0.166. The summed E-state index contributed by atoms with van der Waals surface area (Å²) in [5, 5.41) is 3.26. The number of carbonyl (C=O) groups excluding carboxylic acids is 1. The molecule has 1 saturated heterocycles. The molecule has 1 aromatic rings. The SMILES string of the molecule is Cc1cccc(C(C)C)c1NC(=O)N1CCCC1C1CCCCC1. The first-order valence-electron chi connectivity index (χ1n) is 9.75. The van der Waals surface area contributed by atoms with Crippen LogP contribution in [0.5, 0.6) is 0 Å². The number of amides is 2. The average Bonchev–Trinajstić information content (AvgIpc) is 3.07. The molecule has 1 unspecified atom stereocenters. The van der Waals surface area contributed by atoms with Gasteiger partial charge in [-0.2, -0.15) is 0 Å². The number of hydrogen-bond donors (Lipinski definition) is 1. The first-order chi connectivity index (χ1) is 11.6. The molecule has 2 fully saturated rings. The van der Waals surface area contributed by atoms with Crippen LogP contribution in [0.1, 0.15) is 75.8 Å². The fourth-order valence-corrected chi connectivity index (χ4v) is 4.57. The Kier molecular flexibility index (Phi) is 5.47. The van der Waals surface area contributed by atoms with E-state index in [1.54, 1.807) is 0 Å². The van der Waals surface area contributed by atoms with Gasteiger partial charge in [-0.15, -0.1) is 0 Å². The molecule has 1 aromatic carbocycles. The number of benzene rings is 1. The zero-order valence-corrected chi connectivity index (χ0v) is 15.5. The molecule has 1 saturated carbocycles. The molecule has 3 nitrogen and oxygen atoms in total. The number of carbonyl (C=O) groups is 1. The maximum atomic E-state index is 13.0. The number of urea groups is 1. The summed E-state index contributed by atoms with van der Waals surface area (Å²) in [7, 11) is 0. The molecule has 1 atom stereocenters. The number of aryl methyl sites for hydroxylation is 1. The van der Waals surface area contributed by atoms with Gasteiger partial charge in [-0.1, -0.05) is 51.3 Å². The Hall–Kier alpha value is -1.51. The molecular formula is C21H32N2O. The van der Waals surface area contributed by atoms with E-state index < -0.39 is 0 Å². The van der Waals surface area contributed by atoms with E-state index in [1.165, 1.54) is 44.1 Å². The Bertz CT molecular complexity index is 575. The van der Waals surface area contributed by atoms with Gasteiger partial charge in [0.2, 0.25) is 0 Å². The molecule has 0 aromatic heterocycles. The van der Waals surface area contributed by atoms with Crippen LogP contribution in [0.4, 0.5) is 10.5 Å². The van der Waals surface area contributed by atoms with Crippen molar-refractivity contribution in [2.75, 3.05) is 11.9 Å². The highest BCUT2D eigenvalue weighted by Gasteiger charge is 2.35. The Morgan fingerprint density at radius 1 is 1.12 bits per heavy atom. The summed E-state index contributed by atoms with van der Waals surface area (Å²) >= 11 is 0. The number of nitrogens with one attached hydrogen (secondary N) is 1. The molecule has 3 rings (SSSR count). The molecule has 0 bridgehead atoms. The number of para-hydroxylation sites is 1. The lowest BCUT2D eigenvalue weighted by Gasteiger charge is -2.34. The molecular weight excluding hydrogens is 296 g/mol. The number of anilines is 1. The highest BCUT2D eigenvalue weighted by atomic mass is 16.2. The lowest BCUT2D eigenvalue weighted by atomic mass is 9.83. The van der Waals surface area contributed by atoms with Crippen molar-refractivity contribution >= 4 is 11.7 Å². The molecule has 2 aliphatic rings. The van der Waals surface area contributed by atoms with Crippen molar-refractivity contribution in [3.63, 3.8) is 0 Å². The fourth-order valence-electron chi connectivity index (χ4n) is 4.57.